The molecule has 0 saturated carbocycles. The van der Waals surface area contributed by atoms with Crippen LogP contribution in [0.15, 0.2) is 24.3 Å². The lowest BCUT2D eigenvalue weighted by atomic mass is 10.3. The van der Waals surface area contributed by atoms with E-state index in [1.807, 2.05) is 29.1 Å². The Hall–Kier alpha value is -1.42. The molecule has 0 unspecified atom stereocenters. The summed E-state index contributed by atoms with van der Waals surface area (Å²) in [7, 11) is 2.34. The third kappa shape index (κ3) is 2.17. The Morgan fingerprint density at radius 3 is 2.29 bits per heavy atom. The molecule has 2 aromatic rings. The van der Waals surface area contributed by atoms with Gasteiger partial charge in [-0.15, -0.1) is 0 Å². The van der Waals surface area contributed by atoms with Crippen LogP contribution in [0.3, 0.4) is 0 Å². The van der Waals surface area contributed by atoms with Crippen LogP contribution in [-0.4, -0.2) is 46.2 Å². The van der Waals surface area contributed by atoms with E-state index in [1.54, 1.807) is 0 Å². The smallest absolute Gasteiger partial charge is 0.113 e. The first-order valence-corrected chi connectivity index (χ1v) is 6.39. The monoisotopic (exact) mass is 231 g/mol. The van der Waals surface area contributed by atoms with Crippen molar-refractivity contribution in [2.24, 2.45) is 0 Å². The second-order valence-corrected chi connectivity index (χ2v) is 5.28. The molecule has 1 aromatic carbocycles. The van der Waals surface area contributed by atoms with Gasteiger partial charge in [0.1, 0.15) is 24.1 Å². The summed E-state index contributed by atoms with van der Waals surface area (Å²) in [6, 6.07) is 8.06. The third-order valence-electron chi connectivity index (χ3n) is 3.81. The van der Waals surface area contributed by atoms with E-state index >= 15 is 0 Å². The van der Waals surface area contributed by atoms with Crippen LogP contribution in [0.2, 0.25) is 0 Å². The molecule has 0 bridgehead atoms. The first kappa shape index (κ1) is 10.7. The summed E-state index contributed by atoms with van der Waals surface area (Å²) in [4.78, 5) is 1.85. The fourth-order valence-corrected chi connectivity index (χ4v) is 2.66. The molecule has 0 N–H and O–H groups in total. The zero-order chi connectivity index (χ0) is 11.7. The maximum atomic E-state index is 4.50. The van der Waals surface area contributed by atoms with Gasteiger partial charge in [-0.05, 0) is 12.1 Å². The molecule has 4 nitrogen and oxygen atoms in total. The number of likely N-dealkylation sites (tertiary alicyclic amines) is 1. The minimum Gasteiger partial charge on any atom is -0.324 e. The van der Waals surface area contributed by atoms with Crippen molar-refractivity contribution in [2.45, 2.75) is 19.4 Å². The number of benzene rings is 1. The summed E-state index contributed by atoms with van der Waals surface area (Å²) in [5.41, 5.74) is 1.99. The van der Waals surface area contributed by atoms with Crippen molar-refractivity contribution in [2.75, 3.05) is 26.7 Å². The number of aromatic nitrogens is 3. The van der Waals surface area contributed by atoms with Crippen molar-refractivity contribution in [3.63, 3.8) is 0 Å². The fraction of sp³-hybridized carbons (Fsp3) is 0.538. The summed E-state index contributed by atoms with van der Waals surface area (Å²) >= 11 is 0. The van der Waals surface area contributed by atoms with Crippen LogP contribution < -0.4 is 0 Å². The van der Waals surface area contributed by atoms with Crippen molar-refractivity contribution in [3.8, 4) is 0 Å². The van der Waals surface area contributed by atoms with Gasteiger partial charge in [0.2, 0.25) is 0 Å². The van der Waals surface area contributed by atoms with Gasteiger partial charge in [0.25, 0.3) is 0 Å². The first-order valence-electron chi connectivity index (χ1n) is 6.39. The lowest BCUT2D eigenvalue weighted by Crippen LogP contribution is -2.43. The molecule has 4 heteroatoms. The number of likely N-dealkylation sites (N-methyl/N-ethyl adjacent to an activating group) is 1. The summed E-state index contributed by atoms with van der Waals surface area (Å²) in [6.07, 6.45) is 2.73. The number of rotatable bonds is 3. The normalized spacial score (nSPS) is 18.9. The zero-order valence-corrected chi connectivity index (χ0v) is 10.3. The molecule has 1 saturated heterocycles. The average molecular weight is 231 g/mol. The molecule has 1 aliphatic rings. The number of nitrogens with zero attached hydrogens (tertiary/aromatic N) is 4. The highest BCUT2D eigenvalue weighted by molar-refractivity contribution is 5.72. The number of quaternary nitrogens is 1. The highest BCUT2D eigenvalue weighted by Crippen LogP contribution is 2.16. The van der Waals surface area contributed by atoms with Gasteiger partial charge in [-0.2, -0.15) is 15.0 Å². The SMILES string of the molecule is C[N+]1(CCn2nc3ccccc3n2)CCCC1. The highest BCUT2D eigenvalue weighted by Gasteiger charge is 2.26. The lowest BCUT2D eigenvalue weighted by molar-refractivity contribution is -0.898. The molecule has 0 atom stereocenters. The zero-order valence-electron chi connectivity index (χ0n) is 10.3. The Morgan fingerprint density at radius 1 is 1.12 bits per heavy atom. The van der Waals surface area contributed by atoms with Crippen molar-refractivity contribution in [1.29, 1.82) is 0 Å². The van der Waals surface area contributed by atoms with E-state index in [2.05, 4.69) is 17.2 Å². The van der Waals surface area contributed by atoms with E-state index < -0.39 is 0 Å². The number of hydrogen-bond donors (Lipinski definition) is 0. The molecule has 0 amide bonds. The summed E-state index contributed by atoms with van der Waals surface area (Å²) in [5.74, 6) is 0. The Balaban J connectivity index is 1.72. The average Bonchev–Trinajstić information content (AvgIpc) is 2.93. The fourth-order valence-electron chi connectivity index (χ4n) is 2.66. The number of hydrogen-bond acceptors (Lipinski definition) is 2. The van der Waals surface area contributed by atoms with Crippen molar-refractivity contribution in [1.82, 2.24) is 15.0 Å². The molecule has 2 heterocycles. The minimum absolute atomic E-state index is 0.922. The van der Waals surface area contributed by atoms with Crippen molar-refractivity contribution < 1.29 is 4.48 Å². The molecule has 1 fully saturated rings. The second-order valence-electron chi connectivity index (χ2n) is 5.28. The molecule has 0 spiro atoms. The van der Waals surface area contributed by atoms with Crippen LogP contribution in [0.1, 0.15) is 12.8 Å². The molecule has 0 radical (unpaired) electrons. The minimum atomic E-state index is 0.922. The maximum Gasteiger partial charge on any atom is 0.113 e. The standard InChI is InChI=1S/C13H19N4/c1-17(9-4-5-10-17)11-8-16-14-12-6-2-3-7-13(12)15-16/h2-3,6-7H,4-5,8-11H2,1H3/q+1. The Bertz CT molecular complexity index is 478. The van der Waals surface area contributed by atoms with Crippen LogP contribution in [0.25, 0.3) is 11.0 Å². The van der Waals surface area contributed by atoms with Gasteiger partial charge >= 0.3 is 0 Å². The predicted molar refractivity (Wildman–Crippen MR) is 67.5 cm³/mol. The Labute approximate surface area is 101 Å². The predicted octanol–water partition coefficient (Wildman–Crippen LogP) is 1.67. The van der Waals surface area contributed by atoms with Crippen LogP contribution in [0, 0.1) is 0 Å². The highest BCUT2D eigenvalue weighted by atomic mass is 15.5. The molecule has 0 aliphatic carbocycles. The lowest BCUT2D eigenvalue weighted by Gasteiger charge is -2.28. The van der Waals surface area contributed by atoms with E-state index in [0.717, 1.165) is 24.1 Å². The largest absolute Gasteiger partial charge is 0.324 e. The van der Waals surface area contributed by atoms with E-state index in [-0.39, 0.29) is 0 Å². The van der Waals surface area contributed by atoms with E-state index in [1.165, 1.54) is 30.4 Å². The second kappa shape index (κ2) is 4.11. The van der Waals surface area contributed by atoms with E-state index in [4.69, 9.17) is 0 Å². The van der Waals surface area contributed by atoms with Crippen LogP contribution in [0.5, 0.6) is 0 Å². The van der Waals surface area contributed by atoms with Gasteiger partial charge in [0.15, 0.2) is 0 Å². The van der Waals surface area contributed by atoms with Crippen LogP contribution >= 0.6 is 0 Å². The summed E-state index contributed by atoms with van der Waals surface area (Å²) in [5, 5.41) is 9.00. The van der Waals surface area contributed by atoms with Crippen LogP contribution in [0.4, 0.5) is 0 Å². The summed E-state index contributed by atoms with van der Waals surface area (Å²) in [6.45, 7) is 4.67. The third-order valence-corrected chi connectivity index (χ3v) is 3.81. The first-order chi connectivity index (χ1) is 8.25. The number of fused-ring (bicyclic) bond motifs is 1. The van der Waals surface area contributed by atoms with Crippen molar-refractivity contribution in [3.05, 3.63) is 24.3 Å². The molecule has 90 valence electrons. The van der Waals surface area contributed by atoms with Crippen LogP contribution in [-0.2, 0) is 6.54 Å². The maximum absolute atomic E-state index is 4.50. The van der Waals surface area contributed by atoms with Gasteiger partial charge in [-0.25, -0.2) is 0 Å². The molecule has 17 heavy (non-hydrogen) atoms. The van der Waals surface area contributed by atoms with Gasteiger partial charge in [0, 0.05) is 12.8 Å². The molecular weight excluding hydrogens is 212 g/mol. The van der Waals surface area contributed by atoms with Gasteiger partial charge in [0.05, 0.1) is 20.1 Å². The van der Waals surface area contributed by atoms with E-state index in [9.17, 15) is 0 Å². The summed E-state index contributed by atoms with van der Waals surface area (Å²) < 4.78 is 1.18. The molecule has 1 aliphatic heterocycles. The van der Waals surface area contributed by atoms with Gasteiger partial charge in [-0.3, -0.25) is 0 Å². The molecule has 3 rings (SSSR count). The topological polar surface area (TPSA) is 30.7 Å². The van der Waals surface area contributed by atoms with Crippen molar-refractivity contribution >= 4 is 11.0 Å². The van der Waals surface area contributed by atoms with Gasteiger partial charge < -0.3 is 4.48 Å². The molecular formula is C13H19N4+. The molecule has 1 aromatic heterocycles. The Morgan fingerprint density at radius 2 is 1.71 bits per heavy atom. The van der Waals surface area contributed by atoms with Gasteiger partial charge in [-0.1, -0.05) is 12.1 Å². The Kier molecular flexibility index (Phi) is 2.59. The van der Waals surface area contributed by atoms with E-state index in [0.29, 0.717) is 0 Å². The quantitative estimate of drug-likeness (QED) is 0.752.